The second-order valence-electron chi connectivity index (χ2n) is 6.68. The molecule has 4 rings (SSSR count). The summed E-state index contributed by atoms with van der Waals surface area (Å²) in [7, 11) is 0. The molecular weight excluding hydrogens is 382 g/mol. The largest absolute Gasteiger partial charge is 0.423 e. The van der Waals surface area contributed by atoms with Gasteiger partial charge in [0.15, 0.2) is 0 Å². The number of anilines is 1. The maximum atomic E-state index is 11.3. The first-order valence-electron chi connectivity index (χ1n) is 8.98. The summed E-state index contributed by atoms with van der Waals surface area (Å²) < 4.78 is 5.14. The highest BCUT2D eigenvalue weighted by Gasteiger charge is 2.11. The van der Waals surface area contributed by atoms with E-state index in [1.165, 1.54) is 23.0 Å². The van der Waals surface area contributed by atoms with E-state index in [1.54, 1.807) is 24.4 Å². The summed E-state index contributed by atoms with van der Waals surface area (Å²) in [5, 5.41) is 16.1. The highest BCUT2D eigenvalue weighted by Crippen LogP contribution is 2.29. The van der Waals surface area contributed by atoms with E-state index in [-0.39, 0.29) is 5.63 Å². The van der Waals surface area contributed by atoms with Crippen molar-refractivity contribution in [1.82, 2.24) is 4.98 Å². The summed E-state index contributed by atoms with van der Waals surface area (Å²) in [5.41, 5.74) is 5.67. The fourth-order valence-electron chi connectivity index (χ4n) is 3.08. The molecule has 0 aliphatic carbocycles. The molecule has 0 atom stereocenters. The topological polar surface area (TPSA) is 78.9 Å². The lowest BCUT2D eigenvalue weighted by Gasteiger charge is -2.04. The minimum Gasteiger partial charge on any atom is -0.423 e. The Bertz CT molecular complexity index is 1340. The van der Waals surface area contributed by atoms with Gasteiger partial charge < -0.3 is 9.73 Å². The van der Waals surface area contributed by atoms with Gasteiger partial charge in [0.05, 0.1) is 5.69 Å². The predicted molar refractivity (Wildman–Crippen MR) is 117 cm³/mol. The summed E-state index contributed by atoms with van der Waals surface area (Å²) >= 11 is 1.44. The zero-order valence-electron chi connectivity index (χ0n) is 15.9. The Morgan fingerprint density at radius 1 is 1.17 bits per heavy atom. The number of allylic oxidation sites excluding steroid dienone is 1. The van der Waals surface area contributed by atoms with Gasteiger partial charge in [-0.3, -0.25) is 0 Å². The van der Waals surface area contributed by atoms with E-state index in [9.17, 15) is 10.1 Å². The van der Waals surface area contributed by atoms with Crippen LogP contribution in [0.3, 0.4) is 0 Å². The lowest BCUT2D eigenvalue weighted by molar-refractivity contribution is 0.561. The van der Waals surface area contributed by atoms with Gasteiger partial charge in [-0.1, -0.05) is 23.8 Å². The minimum absolute atomic E-state index is 0.381. The van der Waals surface area contributed by atoms with Crippen molar-refractivity contribution in [2.75, 3.05) is 5.32 Å². The van der Waals surface area contributed by atoms with Crippen LogP contribution in [-0.4, -0.2) is 4.98 Å². The summed E-state index contributed by atoms with van der Waals surface area (Å²) in [6.45, 7) is 4.12. The molecule has 0 fully saturated rings. The Balaban J connectivity index is 1.60. The maximum Gasteiger partial charge on any atom is 0.336 e. The van der Waals surface area contributed by atoms with Crippen molar-refractivity contribution in [1.29, 1.82) is 5.26 Å². The van der Waals surface area contributed by atoms with Crippen LogP contribution in [0.5, 0.6) is 0 Å². The van der Waals surface area contributed by atoms with Crippen LogP contribution >= 0.6 is 11.3 Å². The normalized spacial score (nSPS) is 11.4. The lowest BCUT2D eigenvalue weighted by Crippen LogP contribution is -1.95. The smallest absolute Gasteiger partial charge is 0.336 e. The molecule has 0 saturated heterocycles. The SMILES string of the molecule is Cc1ccc(-c2csc(/C(C#N)=C/Nc3ccc4oc(=O)ccc4c3)n2)c(C)c1. The number of aryl methyl sites for hydroxylation is 2. The Labute approximate surface area is 171 Å². The van der Waals surface area contributed by atoms with Crippen molar-refractivity contribution in [3.8, 4) is 17.3 Å². The number of hydrogen-bond acceptors (Lipinski definition) is 6. The third-order valence-electron chi connectivity index (χ3n) is 4.52. The van der Waals surface area contributed by atoms with Crippen molar-refractivity contribution < 1.29 is 4.42 Å². The zero-order chi connectivity index (χ0) is 20.4. The molecule has 0 aliphatic rings. The van der Waals surface area contributed by atoms with Crippen molar-refractivity contribution >= 4 is 33.6 Å². The van der Waals surface area contributed by atoms with Crippen molar-refractivity contribution in [3.05, 3.63) is 86.7 Å². The fraction of sp³-hybridized carbons (Fsp3) is 0.0870. The molecule has 6 heteroatoms. The third kappa shape index (κ3) is 3.96. The van der Waals surface area contributed by atoms with Crippen molar-refractivity contribution in [2.24, 2.45) is 0 Å². The van der Waals surface area contributed by atoms with Crippen molar-refractivity contribution in [3.63, 3.8) is 0 Å². The summed E-state index contributed by atoms with van der Waals surface area (Å²) in [6.07, 6.45) is 1.64. The fourth-order valence-corrected chi connectivity index (χ4v) is 3.87. The van der Waals surface area contributed by atoms with Crippen LogP contribution < -0.4 is 10.9 Å². The summed E-state index contributed by atoms with van der Waals surface area (Å²) in [4.78, 5) is 15.9. The standard InChI is InChI=1S/C23H17N3O2S/c1-14-3-6-19(15(2)9-14)20-13-29-23(26-20)17(11-24)12-25-18-5-7-21-16(10-18)4-8-22(27)28-21/h3-10,12-13,25H,1-2H3/b17-12+. The van der Waals surface area contributed by atoms with Gasteiger partial charge in [-0.25, -0.2) is 9.78 Å². The summed E-state index contributed by atoms with van der Waals surface area (Å²) in [5.74, 6) is 0. The van der Waals surface area contributed by atoms with Gasteiger partial charge in [0, 0.05) is 34.3 Å². The number of nitrogens with one attached hydrogen (secondary N) is 1. The number of nitriles is 1. The maximum absolute atomic E-state index is 11.3. The summed E-state index contributed by atoms with van der Waals surface area (Å²) in [6, 6.07) is 16.9. The number of rotatable bonds is 4. The van der Waals surface area contributed by atoms with Gasteiger partial charge in [0.25, 0.3) is 0 Å². The molecule has 2 heterocycles. The molecule has 5 nitrogen and oxygen atoms in total. The van der Waals surface area contributed by atoms with E-state index >= 15 is 0 Å². The molecular formula is C23H17N3O2S. The molecule has 29 heavy (non-hydrogen) atoms. The number of nitrogens with zero attached hydrogens (tertiary/aromatic N) is 2. The van der Waals surface area contributed by atoms with Gasteiger partial charge in [-0.15, -0.1) is 11.3 Å². The Hall–Kier alpha value is -3.69. The van der Waals surface area contributed by atoms with Gasteiger partial charge in [0.2, 0.25) is 0 Å². The number of fused-ring (bicyclic) bond motifs is 1. The molecule has 0 bridgehead atoms. The predicted octanol–water partition coefficient (Wildman–Crippen LogP) is 5.51. The second kappa shape index (κ2) is 7.74. The average molecular weight is 399 g/mol. The van der Waals surface area contributed by atoms with E-state index in [0.29, 0.717) is 16.2 Å². The zero-order valence-corrected chi connectivity index (χ0v) is 16.7. The van der Waals surface area contributed by atoms with Gasteiger partial charge in [-0.2, -0.15) is 5.26 Å². The molecule has 0 saturated carbocycles. The van der Waals surface area contributed by atoms with E-state index in [1.807, 2.05) is 11.4 Å². The van der Waals surface area contributed by atoms with Crippen LogP contribution in [0.15, 0.2) is 69.3 Å². The highest BCUT2D eigenvalue weighted by atomic mass is 32.1. The molecule has 2 aromatic heterocycles. The van der Waals surface area contributed by atoms with Crippen LogP contribution in [0.25, 0.3) is 27.8 Å². The Morgan fingerprint density at radius 3 is 2.83 bits per heavy atom. The van der Waals surface area contributed by atoms with Crippen molar-refractivity contribution in [2.45, 2.75) is 13.8 Å². The minimum atomic E-state index is -0.381. The van der Waals surface area contributed by atoms with E-state index in [0.717, 1.165) is 27.9 Å². The molecule has 0 spiro atoms. The molecule has 0 radical (unpaired) electrons. The molecule has 0 amide bonds. The average Bonchev–Trinajstić information content (AvgIpc) is 3.18. The Morgan fingerprint density at radius 2 is 2.03 bits per heavy atom. The van der Waals surface area contributed by atoms with Crippen LogP contribution in [-0.2, 0) is 0 Å². The van der Waals surface area contributed by atoms with Crippen LogP contribution in [0, 0.1) is 25.2 Å². The molecule has 142 valence electrons. The molecule has 4 aromatic rings. The molecule has 1 N–H and O–H groups in total. The lowest BCUT2D eigenvalue weighted by atomic mass is 10.0. The first-order chi connectivity index (χ1) is 14.0. The number of benzene rings is 2. The van der Waals surface area contributed by atoms with Crippen LogP contribution in [0.4, 0.5) is 5.69 Å². The highest BCUT2D eigenvalue weighted by molar-refractivity contribution is 7.11. The number of aromatic nitrogens is 1. The van der Waals surface area contributed by atoms with E-state index < -0.39 is 0 Å². The first kappa shape index (κ1) is 18.7. The number of hydrogen-bond donors (Lipinski definition) is 1. The molecule has 0 aliphatic heterocycles. The number of thiazole rings is 1. The van der Waals surface area contributed by atoms with Gasteiger partial charge in [-0.05, 0) is 43.7 Å². The monoisotopic (exact) mass is 399 g/mol. The third-order valence-corrected chi connectivity index (χ3v) is 5.39. The second-order valence-corrected chi connectivity index (χ2v) is 7.54. The van der Waals surface area contributed by atoms with Crippen LogP contribution in [0.2, 0.25) is 0 Å². The first-order valence-corrected chi connectivity index (χ1v) is 9.86. The van der Waals surface area contributed by atoms with Crippen LogP contribution in [0.1, 0.15) is 16.1 Å². The quantitative estimate of drug-likeness (QED) is 0.362. The van der Waals surface area contributed by atoms with Gasteiger partial charge in [0.1, 0.15) is 22.2 Å². The van der Waals surface area contributed by atoms with E-state index in [4.69, 9.17) is 4.42 Å². The Kier molecular flexibility index (Phi) is 4.98. The van der Waals surface area contributed by atoms with Gasteiger partial charge >= 0.3 is 5.63 Å². The molecule has 2 aromatic carbocycles. The van der Waals surface area contributed by atoms with E-state index in [2.05, 4.69) is 48.4 Å². The molecule has 0 unspecified atom stereocenters.